The van der Waals surface area contributed by atoms with Crippen LogP contribution in [0.2, 0.25) is 46.7 Å². The minimum absolute atomic E-state index is 0.0798. The molecule has 3 N–H and O–H groups in total. The van der Waals surface area contributed by atoms with Crippen molar-refractivity contribution in [1.82, 2.24) is 0 Å². The molecule has 6 nitrogen and oxygen atoms in total. The Morgan fingerprint density at radius 2 is 1.05 bits per heavy atom. The van der Waals surface area contributed by atoms with Crippen LogP contribution in [-0.4, -0.2) is 33.2 Å². The Morgan fingerprint density at radius 3 is 1.20 bits per heavy atom. The van der Waals surface area contributed by atoms with Gasteiger partial charge in [0.1, 0.15) is 0 Å². The zero-order valence-corrected chi connectivity index (χ0v) is 11.1. The summed E-state index contributed by atoms with van der Waals surface area (Å²) in [5.41, 5.74) is 0. The first-order valence-electron chi connectivity index (χ1n) is 7.07. The molecule has 10 rings (SSSR count). The first-order valence-corrected chi connectivity index (χ1v) is 13.2. The molecular formula is C13H10FeO6. The Hall–Kier alpha value is -1.07. The van der Waals surface area contributed by atoms with E-state index in [9.17, 15) is 29.7 Å². The van der Waals surface area contributed by atoms with Crippen molar-refractivity contribution in [3.63, 3.8) is 0 Å². The van der Waals surface area contributed by atoms with Crippen LogP contribution in [0.3, 0.4) is 0 Å². The molecule has 0 amide bonds. The van der Waals surface area contributed by atoms with Crippen LogP contribution in [-0.2, 0) is 20.9 Å². The van der Waals surface area contributed by atoms with Gasteiger partial charge < -0.3 is 0 Å². The van der Waals surface area contributed by atoms with Crippen LogP contribution in [0.5, 0.6) is 0 Å². The van der Waals surface area contributed by atoms with E-state index in [2.05, 4.69) is 0 Å². The van der Waals surface area contributed by atoms with E-state index in [4.69, 9.17) is 0 Å². The summed E-state index contributed by atoms with van der Waals surface area (Å²) in [6, 6.07) is 0. The Bertz CT molecular complexity index is 1170. The van der Waals surface area contributed by atoms with Crippen molar-refractivity contribution < 1.29 is 36.2 Å². The molecule has 0 saturated carbocycles. The van der Waals surface area contributed by atoms with Crippen molar-refractivity contribution in [3.05, 3.63) is 0 Å². The van der Waals surface area contributed by atoms with E-state index in [1.807, 2.05) is 0 Å². The molecule has 0 aromatic carbocycles. The van der Waals surface area contributed by atoms with Gasteiger partial charge in [-0.25, -0.2) is 0 Å². The fraction of sp³-hybridized carbons (Fsp3) is 0.769. The fourth-order valence-corrected chi connectivity index (χ4v) is 94.8. The number of carboxylic acid groups (broad SMARTS) is 3. The summed E-state index contributed by atoms with van der Waals surface area (Å²) in [5.74, 6) is -2.86. The first kappa shape index (κ1) is 7.80. The predicted octanol–water partition coefficient (Wildman–Crippen LogP) is 1.74. The molecule has 106 valence electrons. The molecule has 10 heterocycles. The molecule has 1 spiro atoms. The second kappa shape index (κ2) is 0.608. The topological polar surface area (TPSA) is 112 Å². The molecule has 0 bridgehead atoms. The van der Waals surface area contributed by atoms with E-state index < -0.39 is 37.4 Å². The number of hydrogen-bond donors (Lipinski definition) is 3. The van der Waals surface area contributed by atoms with E-state index in [1.165, 1.54) is 0 Å². The molecule has 0 aromatic rings. The van der Waals surface area contributed by atoms with Gasteiger partial charge in [0, 0.05) is 0 Å². The van der Waals surface area contributed by atoms with Crippen molar-refractivity contribution in [1.29, 1.82) is 0 Å². The van der Waals surface area contributed by atoms with Crippen LogP contribution >= 0.6 is 0 Å². The van der Waals surface area contributed by atoms with Crippen LogP contribution in [0.25, 0.3) is 0 Å². The Morgan fingerprint density at radius 1 is 0.700 bits per heavy atom. The molecule has 4 unspecified atom stereocenters. The molecule has 10 aliphatic heterocycles. The van der Waals surface area contributed by atoms with Crippen LogP contribution in [0.1, 0.15) is 0 Å². The van der Waals surface area contributed by atoms with E-state index in [0.29, 0.717) is 24.1 Å². The molecule has 4 atom stereocenters. The molecule has 10 saturated heterocycles. The second-order valence-electron chi connectivity index (χ2n) is 10.7. The molecule has 10 aliphatic rings. The summed E-state index contributed by atoms with van der Waals surface area (Å²) in [6.07, 6.45) is 0. The van der Waals surface area contributed by atoms with Crippen molar-refractivity contribution in [2.45, 2.75) is 46.7 Å². The minimum atomic E-state index is -5.00. The SMILES string of the molecule is O=C(O)[C]12[CH]3[CH]4[C]5(C(=O)O)[C]1(C(=O)O)[Fe]34251678[CH]2[CH]1[CH]6[CH]7[CH]28. The van der Waals surface area contributed by atoms with Gasteiger partial charge in [-0.2, -0.15) is 0 Å². The van der Waals surface area contributed by atoms with E-state index in [-0.39, 0.29) is 9.63 Å². The molecule has 20 heavy (non-hydrogen) atoms. The molecule has 0 radical (unpaired) electrons. The van der Waals surface area contributed by atoms with E-state index in [1.54, 1.807) is 0 Å². The maximum atomic E-state index is 12.3. The normalized spacial score (nSPS) is 110. The van der Waals surface area contributed by atoms with Crippen molar-refractivity contribution in [2.24, 2.45) is 0 Å². The van der Waals surface area contributed by atoms with Gasteiger partial charge in [-0.3, -0.25) is 0 Å². The average molecular weight is 318 g/mol. The van der Waals surface area contributed by atoms with Gasteiger partial charge in [-0.15, -0.1) is 0 Å². The van der Waals surface area contributed by atoms with Gasteiger partial charge in [0.2, 0.25) is 0 Å². The number of carboxylic acids is 3. The third kappa shape index (κ3) is 0.0646. The van der Waals surface area contributed by atoms with E-state index >= 15 is 0 Å². The molecule has 7 heteroatoms. The molecule has 10 fully saturated rings. The van der Waals surface area contributed by atoms with Crippen LogP contribution in [0.4, 0.5) is 0 Å². The fourth-order valence-electron chi connectivity index (χ4n) is 18.7. The molecular weight excluding hydrogens is 308 g/mol. The monoisotopic (exact) mass is 318 g/mol. The first-order chi connectivity index (χ1) is 9.16. The number of fused-ring (bicyclic) bond motifs is 10. The zero-order chi connectivity index (χ0) is 13.6. The van der Waals surface area contributed by atoms with Gasteiger partial charge in [-0.1, -0.05) is 0 Å². The Labute approximate surface area is 101 Å². The average Bonchev–Trinajstić information content (AvgIpc) is 3.30. The third-order valence-corrected chi connectivity index (χ3v) is 59.0. The van der Waals surface area contributed by atoms with Gasteiger partial charge in [-0.05, 0) is 0 Å². The van der Waals surface area contributed by atoms with Crippen molar-refractivity contribution >= 4 is 17.9 Å². The molecule has 0 aliphatic carbocycles. The zero-order valence-electron chi connectivity index (χ0n) is 9.96. The Balaban J connectivity index is 1.73. The summed E-state index contributed by atoms with van der Waals surface area (Å²) in [4.78, 5) is 38.5. The number of carbonyl (C=O) groups is 3. The van der Waals surface area contributed by atoms with Crippen molar-refractivity contribution in [2.75, 3.05) is 0 Å². The summed E-state index contributed by atoms with van der Waals surface area (Å²) >= 11 is 0. The summed E-state index contributed by atoms with van der Waals surface area (Å²) < 4.78 is -3.27. The molecule has 0 aromatic heterocycles. The number of rotatable bonds is 3. The van der Waals surface area contributed by atoms with Crippen molar-refractivity contribution in [3.8, 4) is 0 Å². The van der Waals surface area contributed by atoms with Gasteiger partial charge in [0.15, 0.2) is 0 Å². The van der Waals surface area contributed by atoms with Crippen LogP contribution < -0.4 is 0 Å². The standard InChI is InChI=1S/C8H5O6.C5H5.Fe/c9-6(10)3-1-2-4(7(11)12)5(3)8(13)14;1-2-4-5-3-1;/h1-2H,(H,9,10)(H,11,12)(H,13,14);1-5H;. The third-order valence-electron chi connectivity index (χ3n) is 16.0. The number of aliphatic carboxylic acids is 3. The summed E-state index contributed by atoms with van der Waals surface area (Å²) in [7, 11) is 0. The van der Waals surface area contributed by atoms with Gasteiger partial charge in [0.05, 0.1) is 0 Å². The summed E-state index contributed by atoms with van der Waals surface area (Å²) in [6.45, 7) is -5.00. The van der Waals surface area contributed by atoms with Gasteiger partial charge >= 0.3 is 101 Å². The second-order valence-corrected chi connectivity index (χ2v) is 33.6. The van der Waals surface area contributed by atoms with E-state index in [0.717, 1.165) is 0 Å². The predicted molar refractivity (Wildman–Crippen MR) is 57.2 cm³/mol. The van der Waals surface area contributed by atoms with Crippen LogP contribution in [0, 0.1) is 0 Å². The maximum absolute atomic E-state index is 12.3. The van der Waals surface area contributed by atoms with Gasteiger partial charge in [0.25, 0.3) is 0 Å². The van der Waals surface area contributed by atoms with Crippen LogP contribution in [0.15, 0.2) is 0 Å². The number of hydrogen-bond acceptors (Lipinski definition) is 3. The Kier molecular flexibility index (Phi) is 0.237. The quantitative estimate of drug-likeness (QED) is 0.683. The summed E-state index contributed by atoms with van der Waals surface area (Å²) in [5, 5.41) is 30.0.